The van der Waals surface area contributed by atoms with Crippen LogP contribution in [0.3, 0.4) is 0 Å². The van der Waals surface area contributed by atoms with Crippen LogP contribution in [-0.4, -0.2) is 22.6 Å². The van der Waals surface area contributed by atoms with Gasteiger partial charge in [-0.25, -0.2) is 0 Å². The van der Waals surface area contributed by atoms with Crippen molar-refractivity contribution >= 4 is 22.5 Å². The second kappa shape index (κ2) is 6.92. The van der Waals surface area contributed by atoms with E-state index in [0.717, 1.165) is 42.3 Å². The lowest BCUT2D eigenvalue weighted by molar-refractivity contribution is 0.310. The van der Waals surface area contributed by atoms with Gasteiger partial charge in [0.15, 0.2) is 0 Å². The summed E-state index contributed by atoms with van der Waals surface area (Å²) in [6.45, 7) is 4.11. The van der Waals surface area contributed by atoms with E-state index in [9.17, 15) is 0 Å². The summed E-state index contributed by atoms with van der Waals surface area (Å²) >= 11 is 6.29. The Morgan fingerprint density at radius 2 is 2.04 bits per heavy atom. The molecule has 0 radical (unpaired) electrons. The fraction of sp³-hybridized carbons (Fsp3) is 0.286. The zero-order chi connectivity index (χ0) is 17.2. The Balaban J connectivity index is 1.45. The Hall–Kier alpha value is -2.28. The third-order valence-corrected chi connectivity index (χ3v) is 5.45. The molecule has 3 nitrogen and oxygen atoms in total. The highest BCUT2D eigenvalue weighted by atomic mass is 35.5. The number of rotatable bonds is 4. The molecule has 1 aliphatic heterocycles. The van der Waals surface area contributed by atoms with E-state index in [1.807, 2.05) is 36.4 Å². The van der Waals surface area contributed by atoms with E-state index in [0.29, 0.717) is 5.92 Å². The quantitative estimate of drug-likeness (QED) is 0.684. The summed E-state index contributed by atoms with van der Waals surface area (Å²) in [6, 6.07) is 18.4. The van der Waals surface area contributed by atoms with Crippen molar-refractivity contribution in [2.45, 2.75) is 19.5 Å². The highest BCUT2D eigenvalue weighted by molar-refractivity contribution is 6.31. The zero-order valence-corrected chi connectivity index (χ0v) is 14.8. The fourth-order valence-electron chi connectivity index (χ4n) is 3.76. The van der Waals surface area contributed by atoms with Gasteiger partial charge in [-0.3, -0.25) is 4.90 Å². The van der Waals surface area contributed by atoms with E-state index in [-0.39, 0.29) is 0 Å². The molecule has 0 bridgehead atoms. The van der Waals surface area contributed by atoms with Gasteiger partial charge in [-0.05, 0) is 54.1 Å². The van der Waals surface area contributed by atoms with Gasteiger partial charge in [0.2, 0.25) is 0 Å². The minimum atomic E-state index is 0.629. The largest absolute Gasteiger partial charge is 0.347 e. The first-order valence-corrected chi connectivity index (χ1v) is 9.05. The highest BCUT2D eigenvalue weighted by Crippen LogP contribution is 2.25. The maximum absolute atomic E-state index is 9.13. The van der Waals surface area contributed by atoms with E-state index in [2.05, 4.69) is 33.9 Å². The molecule has 25 heavy (non-hydrogen) atoms. The monoisotopic (exact) mass is 349 g/mol. The van der Waals surface area contributed by atoms with Crippen molar-refractivity contribution in [3.63, 3.8) is 0 Å². The van der Waals surface area contributed by atoms with Gasteiger partial charge in [0.05, 0.1) is 11.6 Å². The predicted octanol–water partition coefficient (Wildman–Crippen LogP) is 4.69. The number of fused-ring (bicyclic) bond motifs is 1. The van der Waals surface area contributed by atoms with Crippen LogP contribution < -0.4 is 0 Å². The Labute approximate surface area is 153 Å². The molecular weight excluding hydrogens is 330 g/mol. The number of hydrogen-bond acceptors (Lipinski definition) is 2. The summed E-state index contributed by atoms with van der Waals surface area (Å²) < 4.78 is 2.29. The smallest absolute Gasteiger partial charge is 0.0992 e. The van der Waals surface area contributed by atoms with E-state index >= 15 is 0 Å². The van der Waals surface area contributed by atoms with E-state index in [1.54, 1.807) is 0 Å². The molecule has 1 atom stereocenters. The summed E-state index contributed by atoms with van der Waals surface area (Å²) in [6.07, 6.45) is 3.34. The van der Waals surface area contributed by atoms with Crippen LogP contribution in [0.25, 0.3) is 10.9 Å². The first-order valence-electron chi connectivity index (χ1n) is 8.67. The van der Waals surface area contributed by atoms with Crippen molar-refractivity contribution in [2.75, 3.05) is 13.1 Å². The van der Waals surface area contributed by atoms with Gasteiger partial charge in [0.1, 0.15) is 0 Å². The first kappa shape index (κ1) is 16.2. The van der Waals surface area contributed by atoms with E-state index < -0.39 is 0 Å². The highest BCUT2D eigenvalue weighted by Gasteiger charge is 2.23. The molecule has 0 aliphatic carbocycles. The molecular formula is C21H20ClN3. The van der Waals surface area contributed by atoms with Crippen LogP contribution in [0.2, 0.25) is 5.02 Å². The van der Waals surface area contributed by atoms with Crippen molar-refractivity contribution in [3.05, 3.63) is 70.9 Å². The van der Waals surface area contributed by atoms with Crippen LogP contribution in [0.15, 0.2) is 54.7 Å². The summed E-state index contributed by atoms with van der Waals surface area (Å²) in [5.74, 6) is 0.629. The van der Waals surface area contributed by atoms with E-state index in [1.165, 1.54) is 17.4 Å². The van der Waals surface area contributed by atoms with Crippen LogP contribution in [-0.2, 0) is 13.1 Å². The van der Waals surface area contributed by atoms with Crippen molar-refractivity contribution < 1.29 is 0 Å². The molecule has 2 heterocycles. The van der Waals surface area contributed by atoms with Gasteiger partial charge in [-0.2, -0.15) is 5.26 Å². The Kier molecular flexibility index (Phi) is 4.48. The molecule has 1 aromatic heterocycles. The van der Waals surface area contributed by atoms with Gasteiger partial charge in [0.25, 0.3) is 0 Å². The van der Waals surface area contributed by atoms with Gasteiger partial charge < -0.3 is 4.57 Å². The van der Waals surface area contributed by atoms with Crippen LogP contribution in [0.4, 0.5) is 0 Å². The normalized spacial score (nSPS) is 17.8. The predicted molar refractivity (Wildman–Crippen MR) is 101 cm³/mol. The van der Waals surface area contributed by atoms with Crippen LogP contribution in [0, 0.1) is 17.2 Å². The van der Waals surface area contributed by atoms with Crippen molar-refractivity contribution in [1.29, 1.82) is 5.26 Å². The third kappa shape index (κ3) is 3.42. The van der Waals surface area contributed by atoms with Crippen LogP contribution in [0.1, 0.15) is 17.5 Å². The average molecular weight is 350 g/mol. The number of nitriles is 1. The molecule has 4 rings (SSSR count). The lowest BCUT2D eigenvalue weighted by atomic mass is 10.1. The third-order valence-electron chi connectivity index (χ3n) is 5.08. The number of halogens is 1. The Bertz CT molecular complexity index is 938. The maximum atomic E-state index is 9.13. The van der Waals surface area contributed by atoms with Gasteiger partial charge >= 0.3 is 0 Å². The van der Waals surface area contributed by atoms with Crippen molar-refractivity contribution in [3.8, 4) is 6.07 Å². The second-order valence-corrected chi connectivity index (χ2v) is 7.24. The number of aromatic nitrogens is 1. The molecule has 4 heteroatoms. The number of benzene rings is 2. The second-order valence-electron chi connectivity index (χ2n) is 6.83. The lowest BCUT2D eigenvalue weighted by Gasteiger charge is -2.17. The van der Waals surface area contributed by atoms with Gasteiger partial charge in [-0.1, -0.05) is 35.9 Å². The van der Waals surface area contributed by atoms with Gasteiger partial charge in [-0.15, -0.1) is 0 Å². The molecule has 0 spiro atoms. The van der Waals surface area contributed by atoms with E-state index in [4.69, 9.17) is 16.9 Å². The molecule has 126 valence electrons. The van der Waals surface area contributed by atoms with Crippen molar-refractivity contribution in [1.82, 2.24) is 9.47 Å². The lowest BCUT2D eigenvalue weighted by Crippen LogP contribution is -2.21. The molecule has 1 fully saturated rings. The number of nitrogens with zero attached hydrogens (tertiary/aromatic N) is 3. The molecule has 1 saturated heterocycles. The molecule has 0 amide bonds. The molecule has 1 unspecified atom stereocenters. The Morgan fingerprint density at radius 3 is 2.88 bits per heavy atom. The minimum absolute atomic E-state index is 0.629. The molecule has 0 N–H and O–H groups in total. The number of likely N-dealkylation sites (tertiary alicyclic amines) is 1. The minimum Gasteiger partial charge on any atom is -0.347 e. The topological polar surface area (TPSA) is 32.0 Å². The Morgan fingerprint density at radius 1 is 1.16 bits per heavy atom. The van der Waals surface area contributed by atoms with Crippen LogP contribution >= 0.6 is 11.6 Å². The average Bonchev–Trinajstić information content (AvgIpc) is 3.24. The fourth-order valence-corrected chi connectivity index (χ4v) is 3.96. The summed E-state index contributed by atoms with van der Waals surface area (Å²) in [7, 11) is 0. The summed E-state index contributed by atoms with van der Waals surface area (Å²) in [4.78, 5) is 2.48. The zero-order valence-electron chi connectivity index (χ0n) is 14.0. The number of hydrogen-bond donors (Lipinski definition) is 0. The summed E-state index contributed by atoms with van der Waals surface area (Å²) in [5.41, 5.74) is 3.08. The molecule has 3 aromatic rings. The summed E-state index contributed by atoms with van der Waals surface area (Å²) in [5, 5.41) is 11.2. The molecule has 1 aliphatic rings. The van der Waals surface area contributed by atoms with Crippen LogP contribution in [0.5, 0.6) is 0 Å². The molecule has 2 aromatic carbocycles. The van der Waals surface area contributed by atoms with Crippen molar-refractivity contribution in [2.24, 2.45) is 5.92 Å². The SMILES string of the molecule is N#Cc1ccc2ccn(CC3CCN(Cc4ccccc4Cl)C3)c2c1. The van der Waals surface area contributed by atoms with Gasteiger partial charge in [0, 0.05) is 36.4 Å². The maximum Gasteiger partial charge on any atom is 0.0992 e. The standard InChI is InChI=1S/C21H20ClN3/c22-20-4-2-1-3-19(20)15-24-9-7-17(13-24)14-25-10-8-18-6-5-16(12-23)11-21(18)25/h1-6,8,10-11,17H,7,9,13-15H2. The molecule has 0 saturated carbocycles. The first-order chi connectivity index (χ1) is 12.2.